The molecule has 0 unspecified atom stereocenters. The third kappa shape index (κ3) is 2.93. The first kappa shape index (κ1) is 13.5. The van der Waals surface area contributed by atoms with Crippen LogP contribution in [0.2, 0.25) is 0 Å². The van der Waals surface area contributed by atoms with Gasteiger partial charge in [0.25, 0.3) is 5.91 Å². The fourth-order valence-corrected chi connectivity index (χ4v) is 2.77. The molecule has 5 heteroatoms. The summed E-state index contributed by atoms with van der Waals surface area (Å²) in [5.41, 5.74) is 2.47. The highest BCUT2D eigenvalue weighted by Gasteiger charge is 2.13. The summed E-state index contributed by atoms with van der Waals surface area (Å²) in [4.78, 5) is 17.8. The molecule has 100 valence electrons. The predicted molar refractivity (Wildman–Crippen MR) is 80.2 cm³/mol. The number of nitrogens with zero attached hydrogens (tertiary/aromatic N) is 1. The summed E-state index contributed by atoms with van der Waals surface area (Å²) < 4.78 is 0. The third-order valence-electron chi connectivity index (χ3n) is 2.89. The fourth-order valence-electron chi connectivity index (χ4n) is 1.87. The summed E-state index contributed by atoms with van der Waals surface area (Å²) in [5.74, 6) is -0.138. The maximum atomic E-state index is 12.2. The number of para-hydroxylation sites is 1. The lowest BCUT2D eigenvalue weighted by Gasteiger charge is -2.07. The van der Waals surface area contributed by atoms with E-state index >= 15 is 0 Å². The van der Waals surface area contributed by atoms with Crippen LogP contribution in [0.25, 0.3) is 0 Å². The summed E-state index contributed by atoms with van der Waals surface area (Å²) in [6.07, 6.45) is 0.880. The van der Waals surface area contributed by atoms with Gasteiger partial charge in [0.05, 0.1) is 11.3 Å². The van der Waals surface area contributed by atoms with Crippen LogP contribution in [0.4, 0.5) is 10.8 Å². The number of aryl methyl sites for hydroxylation is 2. The van der Waals surface area contributed by atoms with E-state index in [9.17, 15) is 4.79 Å². The molecule has 1 aromatic carbocycles. The number of hydrogen-bond donors (Lipinski definition) is 2. The Hall–Kier alpha value is -1.88. The van der Waals surface area contributed by atoms with E-state index in [1.54, 1.807) is 13.1 Å². The molecule has 0 spiro atoms. The highest BCUT2D eigenvalue weighted by Crippen LogP contribution is 2.24. The van der Waals surface area contributed by atoms with Crippen LogP contribution >= 0.6 is 11.3 Å². The number of anilines is 2. The van der Waals surface area contributed by atoms with Gasteiger partial charge in [-0.05, 0) is 25.5 Å². The van der Waals surface area contributed by atoms with Gasteiger partial charge < -0.3 is 5.32 Å². The second-order valence-electron chi connectivity index (χ2n) is 4.13. The zero-order valence-corrected chi connectivity index (χ0v) is 12.1. The highest BCUT2D eigenvalue weighted by atomic mass is 32.1. The maximum Gasteiger partial charge on any atom is 0.259 e. The number of hydrogen-bond acceptors (Lipinski definition) is 4. The Labute approximate surface area is 116 Å². The van der Waals surface area contributed by atoms with Crippen LogP contribution in [0.1, 0.15) is 27.9 Å². The molecule has 0 radical (unpaired) electrons. The number of aromatic nitrogens is 1. The number of carbonyl (C=O) groups is 1. The lowest BCUT2D eigenvalue weighted by Crippen LogP contribution is -2.13. The van der Waals surface area contributed by atoms with Crippen LogP contribution in [-0.2, 0) is 6.42 Å². The molecule has 0 saturated carbocycles. The molecule has 19 heavy (non-hydrogen) atoms. The molecule has 1 aromatic heterocycles. The molecule has 0 fully saturated rings. The monoisotopic (exact) mass is 275 g/mol. The van der Waals surface area contributed by atoms with E-state index in [-0.39, 0.29) is 5.91 Å². The van der Waals surface area contributed by atoms with Gasteiger partial charge >= 0.3 is 0 Å². The average Bonchev–Trinajstić information content (AvgIpc) is 2.78. The summed E-state index contributed by atoms with van der Waals surface area (Å²) in [6.45, 7) is 4.08. The maximum absolute atomic E-state index is 12.2. The van der Waals surface area contributed by atoms with E-state index in [1.165, 1.54) is 11.3 Å². The number of nitrogens with one attached hydrogen (secondary N) is 2. The van der Waals surface area contributed by atoms with E-state index in [2.05, 4.69) is 22.5 Å². The standard InChI is InChI=1S/C14H17N3OS/c1-4-11-9(2)19-14(16-11)17-13(18)10-7-5-6-8-12(10)15-3/h5-8,15H,4H2,1-3H3,(H,16,17,18). The highest BCUT2D eigenvalue weighted by molar-refractivity contribution is 7.15. The van der Waals surface area contributed by atoms with Gasteiger partial charge in [0, 0.05) is 17.6 Å². The fraction of sp³-hybridized carbons (Fsp3) is 0.286. The molecule has 1 heterocycles. The second kappa shape index (κ2) is 5.84. The Morgan fingerprint density at radius 1 is 1.37 bits per heavy atom. The van der Waals surface area contributed by atoms with Crippen molar-refractivity contribution in [1.29, 1.82) is 0 Å². The Morgan fingerprint density at radius 3 is 2.74 bits per heavy atom. The third-order valence-corrected chi connectivity index (χ3v) is 3.82. The Morgan fingerprint density at radius 2 is 2.11 bits per heavy atom. The number of amides is 1. The van der Waals surface area contributed by atoms with Crippen LogP contribution in [0.15, 0.2) is 24.3 Å². The van der Waals surface area contributed by atoms with Gasteiger partial charge in [0.2, 0.25) is 0 Å². The van der Waals surface area contributed by atoms with Crippen LogP contribution < -0.4 is 10.6 Å². The summed E-state index contributed by atoms with van der Waals surface area (Å²) in [5, 5.41) is 6.53. The predicted octanol–water partition coefficient (Wildman–Crippen LogP) is 3.31. The van der Waals surface area contributed by atoms with Gasteiger partial charge in [0.1, 0.15) is 0 Å². The number of carbonyl (C=O) groups excluding carboxylic acids is 1. The molecule has 0 aliphatic heterocycles. The Bertz CT molecular complexity index is 592. The summed E-state index contributed by atoms with van der Waals surface area (Å²) in [7, 11) is 1.80. The molecule has 2 aromatic rings. The average molecular weight is 275 g/mol. The molecule has 0 saturated heterocycles. The van der Waals surface area contributed by atoms with Gasteiger partial charge in [-0.2, -0.15) is 0 Å². The molecule has 0 atom stereocenters. The Kier molecular flexibility index (Phi) is 4.16. The van der Waals surface area contributed by atoms with Crippen LogP contribution in [0.5, 0.6) is 0 Å². The first-order valence-electron chi connectivity index (χ1n) is 6.20. The first-order chi connectivity index (χ1) is 9.15. The molecular weight excluding hydrogens is 258 g/mol. The van der Waals surface area contributed by atoms with E-state index in [0.29, 0.717) is 10.7 Å². The van der Waals surface area contributed by atoms with Crippen molar-refractivity contribution in [3.8, 4) is 0 Å². The number of benzene rings is 1. The van der Waals surface area contributed by atoms with Crippen molar-refractivity contribution < 1.29 is 4.79 Å². The molecule has 0 aliphatic rings. The van der Waals surface area contributed by atoms with E-state index < -0.39 is 0 Å². The van der Waals surface area contributed by atoms with E-state index in [0.717, 1.165) is 22.7 Å². The van der Waals surface area contributed by atoms with Crippen molar-refractivity contribution >= 4 is 28.1 Å². The minimum atomic E-state index is -0.138. The first-order valence-corrected chi connectivity index (χ1v) is 7.01. The van der Waals surface area contributed by atoms with Gasteiger partial charge in [-0.25, -0.2) is 4.98 Å². The van der Waals surface area contributed by atoms with Crippen molar-refractivity contribution in [3.05, 3.63) is 40.4 Å². The Balaban J connectivity index is 2.20. The van der Waals surface area contributed by atoms with Gasteiger partial charge in [0.15, 0.2) is 5.13 Å². The van der Waals surface area contributed by atoms with Crippen LogP contribution in [0, 0.1) is 6.92 Å². The van der Waals surface area contributed by atoms with E-state index in [1.807, 2.05) is 25.1 Å². The van der Waals surface area contributed by atoms with Crippen molar-refractivity contribution in [1.82, 2.24) is 4.98 Å². The zero-order chi connectivity index (χ0) is 13.8. The largest absolute Gasteiger partial charge is 0.387 e. The summed E-state index contributed by atoms with van der Waals surface area (Å²) in [6, 6.07) is 7.41. The van der Waals surface area contributed by atoms with E-state index in [4.69, 9.17) is 0 Å². The SMILES string of the molecule is CCc1nc(NC(=O)c2ccccc2NC)sc1C. The zero-order valence-electron chi connectivity index (χ0n) is 11.3. The smallest absolute Gasteiger partial charge is 0.259 e. The van der Waals surface area contributed by atoms with Crippen molar-refractivity contribution in [2.45, 2.75) is 20.3 Å². The number of thiazole rings is 1. The molecule has 2 N–H and O–H groups in total. The van der Waals surface area contributed by atoms with Crippen molar-refractivity contribution in [2.24, 2.45) is 0 Å². The van der Waals surface area contributed by atoms with Crippen LogP contribution in [-0.4, -0.2) is 17.9 Å². The minimum Gasteiger partial charge on any atom is -0.387 e. The molecule has 0 aliphatic carbocycles. The van der Waals surface area contributed by atoms with Crippen molar-refractivity contribution in [3.63, 3.8) is 0 Å². The quantitative estimate of drug-likeness (QED) is 0.900. The second-order valence-corrected chi connectivity index (χ2v) is 5.33. The lowest BCUT2D eigenvalue weighted by atomic mass is 10.1. The normalized spacial score (nSPS) is 10.3. The minimum absolute atomic E-state index is 0.138. The number of rotatable bonds is 4. The van der Waals surface area contributed by atoms with Crippen molar-refractivity contribution in [2.75, 3.05) is 17.7 Å². The lowest BCUT2D eigenvalue weighted by molar-refractivity contribution is 0.102. The topological polar surface area (TPSA) is 54.0 Å². The molecule has 1 amide bonds. The van der Waals surface area contributed by atoms with Crippen LogP contribution in [0.3, 0.4) is 0 Å². The van der Waals surface area contributed by atoms with Gasteiger partial charge in [-0.3, -0.25) is 10.1 Å². The molecule has 4 nitrogen and oxygen atoms in total. The van der Waals surface area contributed by atoms with Gasteiger partial charge in [-0.15, -0.1) is 11.3 Å². The molecule has 2 rings (SSSR count). The summed E-state index contributed by atoms with van der Waals surface area (Å²) >= 11 is 1.51. The molecule has 0 bridgehead atoms. The van der Waals surface area contributed by atoms with Gasteiger partial charge in [-0.1, -0.05) is 19.1 Å². The molecular formula is C14H17N3OS.